The first-order valence-electron chi connectivity index (χ1n) is 9.09. The molecule has 0 saturated heterocycles. The van der Waals surface area contributed by atoms with Gasteiger partial charge in [0.05, 0.1) is 24.8 Å². The third kappa shape index (κ3) is 3.16. The molecule has 0 aliphatic carbocycles. The molecule has 140 valence electrons. The van der Waals surface area contributed by atoms with Gasteiger partial charge in [0.15, 0.2) is 23.6 Å². The second kappa shape index (κ2) is 7.19. The van der Waals surface area contributed by atoms with Crippen molar-refractivity contribution in [3.05, 3.63) is 48.0 Å². The van der Waals surface area contributed by atoms with E-state index in [1.165, 1.54) is 0 Å². The van der Waals surface area contributed by atoms with Crippen LogP contribution in [0, 0.1) is 0 Å². The summed E-state index contributed by atoms with van der Waals surface area (Å²) in [6.07, 6.45) is 1.76. The van der Waals surface area contributed by atoms with E-state index < -0.39 is 0 Å². The van der Waals surface area contributed by atoms with Crippen molar-refractivity contribution < 1.29 is 9.47 Å². The number of fused-ring (bicyclic) bond motifs is 3. The minimum absolute atomic E-state index is 0.327. The fourth-order valence-electron chi connectivity index (χ4n) is 3.23. The first-order chi connectivity index (χ1) is 13.2. The van der Waals surface area contributed by atoms with Crippen LogP contribution in [0.25, 0.3) is 11.0 Å². The maximum atomic E-state index is 6.01. The van der Waals surface area contributed by atoms with Gasteiger partial charge in [0, 0.05) is 5.56 Å². The molecule has 3 aromatic rings. The van der Waals surface area contributed by atoms with Gasteiger partial charge in [-0.25, -0.2) is 9.98 Å². The van der Waals surface area contributed by atoms with Crippen molar-refractivity contribution in [3.8, 4) is 11.5 Å². The van der Waals surface area contributed by atoms with Crippen LogP contribution in [-0.2, 0) is 0 Å². The molecule has 2 aromatic carbocycles. The summed E-state index contributed by atoms with van der Waals surface area (Å²) >= 11 is 0. The van der Waals surface area contributed by atoms with Gasteiger partial charge in [0.25, 0.3) is 0 Å². The fraction of sp³-hybridized carbons (Fsp3) is 0.300. The van der Waals surface area contributed by atoms with Crippen LogP contribution >= 0.6 is 0 Å². The van der Waals surface area contributed by atoms with Gasteiger partial charge < -0.3 is 15.2 Å². The Kier molecular flexibility index (Phi) is 4.58. The molecule has 0 fully saturated rings. The number of unbranched alkanes of at least 4 members (excludes halogenated alkanes) is 1. The number of aromatic nitrogens is 2. The Morgan fingerprint density at radius 1 is 1.19 bits per heavy atom. The standard InChI is InChI=1S/C20H23N5O2/c1-3-4-11-27-16-10-9-13(12-17(16)26-2)18-23-19(21)24-20-22-14-7-5-6-8-15(14)25(18)20/h5-10,12,18H,3-4,11H2,1-2H3,(H3,21,22,23,24). The maximum Gasteiger partial charge on any atom is 0.212 e. The number of aliphatic imine (C=N–C) groups is 1. The average molecular weight is 365 g/mol. The molecule has 2 heterocycles. The SMILES string of the molecule is CCCCOc1ccc(C2N=C(N)Nc3nc4ccccc4n32)cc1OC. The van der Waals surface area contributed by atoms with E-state index >= 15 is 0 Å². The highest BCUT2D eigenvalue weighted by molar-refractivity contribution is 5.94. The van der Waals surface area contributed by atoms with Gasteiger partial charge in [-0.1, -0.05) is 31.5 Å². The number of guanidine groups is 1. The van der Waals surface area contributed by atoms with Crippen LogP contribution in [0.5, 0.6) is 11.5 Å². The lowest BCUT2D eigenvalue weighted by molar-refractivity contribution is 0.288. The molecule has 0 saturated carbocycles. The predicted molar refractivity (Wildman–Crippen MR) is 107 cm³/mol. The predicted octanol–water partition coefficient (Wildman–Crippen LogP) is 3.51. The first kappa shape index (κ1) is 17.2. The summed E-state index contributed by atoms with van der Waals surface area (Å²) in [4.78, 5) is 9.23. The number of para-hydroxylation sites is 2. The molecule has 1 aliphatic heterocycles. The van der Waals surface area contributed by atoms with Crippen LogP contribution in [0.1, 0.15) is 31.5 Å². The van der Waals surface area contributed by atoms with Crippen LogP contribution in [0.3, 0.4) is 0 Å². The molecule has 3 N–H and O–H groups in total. The summed E-state index contributed by atoms with van der Waals surface area (Å²) < 4.78 is 13.4. The minimum Gasteiger partial charge on any atom is -0.493 e. The average Bonchev–Trinajstić information content (AvgIpc) is 3.05. The van der Waals surface area contributed by atoms with Crippen molar-refractivity contribution in [2.24, 2.45) is 10.7 Å². The van der Waals surface area contributed by atoms with Crippen molar-refractivity contribution in [2.75, 3.05) is 19.0 Å². The number of methoxy groups -OCH3 is 1. The Morgan fingerprint density at radius 2 is 2.04 bits per heavy atom. The van der Waals surface area contributed by atoms with Crippen molar-refractivity contribution in [1.82, 2.24) is 9.55 Å². The molecule has 1 aliphatic rings. The second-order valence-electron chi connectivity index (χ2n) is 6.42. The molecule has 27 heavy (non-hydrogen) atoms. The third-order valence-electron chi connectivity index (χ3n) is 4.58. The lowest BCUT2D eigenvalue weighted by Gasteiger charge is -2.24. The Morgan fingerprint density at radius 3 is 2.85 bits per heavy atom. The maximum absolute atomic E-state index is 6.01. The topological polar surface area (TPSA) is 86.7 Å². The lowest BCUT2D eigenvalue weighted by atomic mass is 10.1. The molecule has 0 amide bonds. The van der Waals surface area contributed by atoms with Crippen LogP contribution in [0.2, 0.25) is 0 Å². The molecule has 4 rings (SSSR count). The summed E-state index contributed by atoms with van der Waals surface area (Å²) in [5.74, 6) is 2.43. The third-order valence-corrected chi connectivity index (χ3v) is 4.58. The molecule has 0 bridgehead atoms. The normalized spacial score (nSPS) is 15.8. The molecule has 1 atom stereocenters. The first-order valence-corrected chi connectivity index (χ1v) is 9.09. The summed E-state index contributed by atoms with van der Waals surface area (Å²) in [7, 11) is 1.64. The van der Waals surface area contributed by atoms with Crippen molar-refractivity contribution >= 4 is 22.9 Å². The number of nitrogens with zero attached hydrogens (tertiary/aromatic N) is 3. The van der Waals surface area contributed by atoms with Gasteiger partial charge in [-0.2, -0.15) is 0 Å². The van der Waals surface area contributed by atoms with E-state index in [9.17, 15) is 0 Å². The van der Waals surface area contributed by atoms with E-state index in [0.29, 0.717) is 24.3 Å². The van der Waals surface area contributed by atoms with Crippen LogP contribution in [0.4, 0.5) is 5.95 Å². The summed E-state index contributed by atoms with van der Waals surface area (Å²) in [5, 5.41) is 3.05. The second-order valence-corrected chi connectivity index (χ2v) is 6.42. The molecule has 0 spiro atoms. The monoisotopic (exact) mass is 365 g/mol. The number of imidazole rings is 1. The number of rotatable bonds is 6. The number of anilines is 1. The number of nitrogens with one attached hydrogen (secondary N) is 1. The molecule has 0 radical (unpaired) electrons. The van der Waals surface area contributed by atoms with Gasteiger partial charge in [-0.3, -0.25) is 9.88 Å². The number of benzene rings is 2. The van der Waals surface area contributed by atoms with Crippen LogP contribution in [0.15, 0.2) is 47.5 Å². The highest BCUT2D eigenvalue weighted by Crippen LogP contribution is 2.36. The van der Waals surface area contributed by atoms with E-state index in [2.05, 4.69) is 22.2 Å². The van der Waals surface area contributed by atoms with Crippen molar-refractivity contribution in [2.45, 2.75) is 25.9 Å². The zero-order valence-electron chi connectivity index (χ0n) is 15.5. The Labute approximate surface area is 157 Å². The van der Waals surface area contributed by atoms with E-state index in [4.69, 9.17) is 15.2 Å². The number of hydrogen-bond donors (Lipinski definition) is 2. The van der Waals surface area contributed by atoms with Gasteiger partial charge >= 0.3 is 0 Å². The smallest absolute Gasteiger partial charge is 0.212 e. The molecule has 7 nitrogen and oxygen atoms in total. The zero-order chi connectivity index (χ0) is 18.8. The quantitative estimate of drug-likeness (QED) is 0.653. The Balaban J connectivity index is 1.75. The lowest BCUT2D eigenvalue weighted by Crippen LogP contribution is -2.31. The largest absolute Gasteiger partial charge is 0.493 e. The Bertz CT molecular complexity index is 995. The van der Waals surface area contributed by atoms with E-state index in [0.717, 1.165) is 35.2 Å². The van der Waals surface area contributed by atoms with Crippen LogP contribution < -0.4 is 20.5 Å². The van der Waals surface area contributed by atoms with Gasteiger partial charge in [0.2, 0.25) is 5.95 Å². The van der Waals surface area contributed by atoms with E-state index in [-0.39, 0.29) is 6.17 Å². The van der Waals surface area contributed by atoms with Gasteiger partial charge in [-0.15, -0.1) is 0 Å². The summed E-state index contributed by atoms with van der Waals surface area (Å²) in [6, 6.07) is 13.8. The van der Waals surface area contributed by atoms with E-state index in [1.807, 2.05) is 47.0 Å². The molecule has 1 unspecified atom stereocenters. The number of ether oxygens (including phenoxy) is 2. The summed E-state index contributed by atoms with van der Waals surface area (Å²) in [6.45, 7) is 2.80. The number of hydrogen-bond acceptors (Lipinski definition) is 6. The zero-order valence-corrected chi connectivity index (χ0v) is 15.5. The molecular formula is C20H23N5O2. The van der Waals surface area contributed by atoms with E-state index in [1.54, 1.807) is 7.11 Å². The molecule has 7 heteroatoms. The molecular weight excluding hydrogens is 342 g/mol. The van der Waals surface area contributed by atoms with Crippen LogP contribution in [-0.4, -0.2) is 29.2 Å². The fourth-order valence-corrected chi connectivity index (χ4v) is 3.23. The van der Waals surface area contributed by atoms with Gasteiger partial charge in [-0.05, 0) is 30.7 Å². The minimum atomic E-state index is -0.327. The highest BCUT2D eigenvalue weighted by Gasteiger charge is 2.25. The Hall–Kier alpha value is -3.22. The van der Waals surface area contributed by atoms with Crippen molar-refractivity contribution in [3.63, 3.8) is 0 Å². The van der Waals surface area contributed by atoms with Crippen molar-refractivity contribution in [1.29, 1.82) is 0 Å². The highest BCUT2D eigenvalue weighted by atomic mass is 16.5. The van der Waals surface area contributed by atoms with Gasteiger partial charge in [0.1, 0.15) is 0 Å². The molecule has 1 aromatic heterocycles. The number of nitrogens with two attached hydrogens (primary N) is 1. The summed E-state index contributed by atoms with van der Waals surface area (Å²) in [5.41, 5.74) is 8.84.